The van der Waals surface area contributed by atoms with Gasteiger partial charge < -0.3 is 10.4 Å². The second-order valence-electron chi connectivity index (χ2n) is 4.49. The van der Waals surface area contributed by atoms with Crippen LogP contribution in [0.3, 0.4) is 0 Å². The number of benzene rings is 1. The van der Waals surface area contributed by atoms with E-state index in [9.17, 15) is 5.11 Å². The van der Waals surface area contributed by atoms with Crippen LogP contribution in [0.5, 0.6) is 5.75 Å². The summed E-state index contributed by atoms with van der Waals surface area (Å²) in [6.07, 6.45) is 2.20. The van der Waals surface area contributed by atoms with E-state index >= 15 is 0 Å². The van der Waals surface area contributed by atoms with Gasteiger partial charge in [-0.15, -0.1) is 0 Å². The molecule has 0 atom stereocenters. The standard InChI is InChI=1S/C13H11Cl2N3O/c14-8-3-4-10(19)9(5-8)16-12-6-11(15)17-13(18-12)7-1-2-7/h3-7,19H,1-2H2,(H,16,17,18). The Labute approximate surface area is 120 Å². The van der Waals surface area contributed by atoms with Crippen molar-refractivity contribution in [1.82, 2.24) is 9.97 Å². The lowest BCUT2D eigenvalue weighted by Gasteiger charge is -2.09. The largest absolute Gasteiger partial charge is 0.506 e. The fourth-order valence-corrected chi connectivity index (χ4v) is 2.13. The number of halogens is 2. The topological polar surface area (TPSA) is 58.0 Å². The van der Waals surface area contributed by atoms with Crippen LogP contribution in [-0.4, -0.2) is 15.1 Å². The molecule has 0 spiro atoms. The van der Waals surface area contributed by atoms with Crippen molar-refractivity contribution >= 4 is 34.7 Å². The minimum Gasteiger partial charge on any atom is -0.506 e. The van der Waals surface area contributed by atoms with Crippen LogP contribution in [0.25, 0.3) is 0 Å². The predicted octanol–water partition coefficient (Wildman–Crippen LogP) is 4.11. The highest BCUT2D eigenvalue weighted by Crippen LogP contribution is 2.39. The molecule has 19 heavy (non-hydrogen) atoms. The van der Waals surface area contributed by atoms with E-state index in [-0.39, 0.29) is 5.75 Å². The van der Waals surface area contributed by atoms with E-state index < -0.39 is 0 Å². The summed E-state index contributed by atoms with van der Waals surface area (Å²) in [6.45, 7) is 0. The summed E-state index contributed by atoms with van der Waals surface area (Å²) in [6, 6.07) is 6.39. The fraction of sp³-hybridized carbons (Fsp3) is 0.231. The molecule has 0 unspecified atom stereocenters. The smallest absolute Gasteiger partial charge is 0.139 e. The van der Waals surface area contributed by atoms with Gasteiger partial charge in [0, 0.05) is 17.0 Å². The van der Waals surface area contributed by atoms with Crippen LogP contribution in [0.1, 0.15) is 24.6 Å². The zero-order valence-electron chi connectivity index (χ0n) is 9.90. The molecule has 3 rings (SSSR count). The monoisotopic (exact) mass is 295 g/mol. The second kappa shape index (κ2) is 4.87. The maximum absolute atomic E-state index is 9.76. The number of phenols is 1. The molecule has 1 aromatic heterocycles. The van der Waals surface area contributed by atoms with Gasteiger partial charge in [0.25, 0.3) is 0 Å². The Balaban J connectivity index is 1.92. The molecule has 1 saturated carbocycles. The van der Waals surface area contributed by atoms with E-state index in [1.807, 2.05) is 0 Å². The first-order valence-corrected chi connectivity index (χ1v) is 6.67. The quantitative estimate of drug-likeness (QED) is 0.661. The van der Waals surface area contributed by atoms with Crippen LogP contribution in [0.15, 0.2) is 24.3 Å². The van der Waals surface area contributed by atoms with E-state index in [0.29, 0.717) is 27.6 Å². The summed E-state index contributed by atoms with van der Waals surface area (Å²) in [7, 11) is 0. The zero-order valence-corrected chi connectivity index (χ0v) is 11.4. The molecule has 1 aliphatic rings. The highest BCUT2D eigenvalue weighted by atomic mass is 35.5. The first kappa shape index (κ1) is 12.5. The molecule has 1 aliphatic carbocycles. The fourth-order valence-electron chi connectivity index (χ4n) is 1.77. The van der Waals surface area contributed by atoms with Crippen molar-refractivity contribution in [2.75, 3.05) is 5.32 Å². The van der Waals surface area contributed by atoms with Gasteiger partial charge in [0.05, 0.1) is 5.69 Å². The van der Waals surface area contributed by atoms with Gasteiger partial charge in [0.1, 0.15) is 22.5 Å². The third kappa shape index (κ3) is 2.91. The SMILES string of the molecule is Oc1ccc(Cl)cc1Nc1cc(Cl)nc(C2CC2)n1. The highest BCUT2D eigenvalue weighted by molar-refractivity contribution is 6.31. The number of anilines is 2. The molecule has 0 amide bonds. The molecule has 2 aromatic rings. The van der Waals surface area contributed by atoms with Crippen LogP contribution < -0.4 is 5.32 Å². The van der Waals surface area contributed by atoms with Crippen molar-refractivity contribution in [3.8, 4) is 5.75 Å². The molecule has 4 nitrogen and oxygen atoms in total. The zero-order chi connectivity index (χ0) is 13.4. The van der Waals surface area contributed by atoms with Gasteiger partial charge in [0.2, 0.25) is 0 Å². The number of phenolic OH excluding ortho intramolecular Hbond substituents is 1. The van der Waals surface area contributed by atoms with Gasteiger partial charge in [-0.2, -0.15) is 0 Å². The van der Waals surface area contributed by atoms with Gasteiger partial charge in [-0.1, -0.05) is 23.2 Å². The number of aromatic nitrogens is 2. The van der Waals surface area contributed by atoms with Gasteiger partial charge in [-0.05, 0) is 31.0 Å². The number of nitrogens with zero attached hydrogens (tertiary/aromatic N) is 2. The molecule has 0 bridgehead atoms. The molecule has 1 aromatic carbocycles. The minimum absolute atomic E-state index is 0.104. The lowest BCUT2D eigenvalue weighted by Crippen LogP contribution is -1.99. The van der Waals surface area contributed by atoms with Crippen LogP contribution >= 0.6 is 23.2 Å². The highest BCUT2D eigenvalue weighted by Gasteiger charge is 2.27. The third-order valence-corrected chi connectivity index (χ3v) is 3.30. The second-order valence-corrected chi connectivity index (χ2v) is 5.32. The normalized spacial score (nSPS) is 14.4. The van der Waals surface area contributed by atoms with E-state index in [0.717, 1.165) is 18.7 Å². The lowest BCUT2D eigenvalue weighted by atomic mass is 10.3. The predicted molar refractivity (Wildman–Crippen MR) is 75.4 cm³/mol. The first-order chi connectivity index (χ1) is 9.11. The summed E-state index contributed by atoms with van der Waals surface area (Å²) in [5.74, 6) is 1.82. The van der Waals surface area contributed by atoms with Crippen LogP contribution in [0.4, 0.5) is 11.5 Å². The van der Waals surface area contributed by atoms with Crippen molar-refractivity contribution in [3.63, 3.8) is 0 Å². The molecule has 1 heterocycles. The summed E-state index contributed by atoms with van der Waals surface area (Å²) < 4.78 is 0. The molecule has 98 valence electrons. The number of nitrogens with one attached hydrogen (secondary N) is 1. The van der Waals surface area contributed by atoms with Crippen molar-refractivity contribution in [3.05, 3.63) is 40.3 Å². The van der Waals surface area contributed by atoms with Crippen molar-refractivity contribution in [2.24, 2.45) is 0 Å². The number of aromatic hydroxyl groups is 1. The van der Waals surface area contributed by atoms with E-state index in [4.69, 9.17) is 23.2 Å². The molecule has 1 fully saturated rings. The van der Waals surface area contributed by atoms with Crippen molar-refractivity contribution < 1.29 is 5.11 Å². The third-order valence-electron chi connectivity index (χ3n) is 2.88. The Hall–Kier alpha value is -1.52. The maximum Gasteiger partial charge on any atom is 0.139 e. The van der Waals surface area contributed by atoms with Crippen molar-refractivity contribution in [2.45, 2.75) is 18.8 Å². The Morgan fingerprint density at radius 2 is 1.95 bits per heavy atom. The Bertz CT molecular complexity index is 629. The van der Waals surface area contributed by atoms with Gasteiger partial charge >= 0.3 is 0 Å². The average Bonchev–Trinajstić information content (AvgIpc) is 3.17. The minimum atomic E-state index is 0.104. The Morgan fingerprint density at radius 3 is 2.68 bits per heavy atom. The summed E-state index contributed by atoms with van der Waals surface area (Å²) in [5.41, 5.74) is 0.490. The molecule has 6 heteroatoms. The number of hydrogen-bond acceptors (Lipinski definition) is 4. The number of hydrogen-bond donors (Lipinski definition) is 2. The molecular formula is C13H11Cl2N3O. The Kier molecular flexibility index (Phi) is 3.21. The summed E-state index contributed by atoms with van der Waals surface area (Å²) >= 11 is 11.9. The average molecular weight is 296 g/mol. The number of rotatable bonds is 3. The first-order valence-electron chi connectivity index (χ1n) is 5.92. The van der Waals surface area contributed by atoms with E-state index in [1.165, 1.54) is 6.07 Å². The van der Waals surface area contributed by atoms with Crippen molar-refractivity contribution in [1.29, 1.82) is 0 Å². The lowest BCUT2D eigenvalue weighted by molar-refractivity contribution is 0.477. The summed E-state index contributed by atoms with van der Waals surface area (Å²) in [5, 5.41) is 13.7. The maximum atomic E-state index is 9.76. The van der Waals surface area contributed by atoms with Gasteiger partial charge in [0.15, 0.2) is 0 Å². The molecule has 0 saturated heterocycles. The Morgan fingerprint density at radius 1 is 1.16 bits per heavy atom. The molecule has 2 N–H and O–H groups in total. The van der Waals surface area contributed by atoms with Crippen LogP contribution in [0, 0.1) is 0 Å². The summed E-state index contributed by atoms with van der Waals surface area (Å²) in [4.78, 5) is 8.60. The van der Waals surface area contributed by atoms with Crippen LogP contribution in [0.2, 0.25) is 10.2 Å². The van der Waals surface area contributed by atoms with Crippen LogP contribution in [-0.2, 0) is 0 Å². The van der Waals surface area contributed by atoms with E-state index in [2.05, 4.69) is 15.3 Å². The molecule has 0 radical (unpaired) electrons. The van der Waals surface area contributed by atoms with E-state index in [1.54, 1.807) is 18.2 Å². The molecular weight excluding hydrogens is 285 g/mol. The molecule has 0 aliphatic heterocycles. The van der Waals surface area contributed by atoms with Gasteiger partial charge in [-0.3, -0.25) is 0 Å². The van der Waals surface area contributed by atoms with Gasteiger partial charge in [-0.25, -0.2) is 9.97 Å².